The van der Waals surface area contributed by atoms with Gasteiger partial charge in [-0.05, 0) is 24.2 Å². The fourth-order valence-electron chi connectivity index (χ4n) is 2.25. The van der Waals surface area contributed by atoms with Crippen LogP contribution in [0.4, 0.5) is 0 Å². The molecule has 0 amide bonds. The predicted molar refractivity (Wildman–Crippen MR) is 69.8 cm³/mol. The lowest BCUT2D eigenvalue weighted by Crippen LogP contribution is -2.38. The molecule has 0 aliphatic heterocycles. The van der Waals surface area contributed by atoms with E-state index >= 15 is 0 Å². The van der Waals surface area contributed by atoms with Crippen LogP contribution in [0.2, 0.25) is 0 Å². The zero-order chi connectivity index (χ0) is 11.6. The van der Waals surface area contributed by atoms with E-state index < -0.39 is 0 Å². The summed E-state index contributed by atoms with van der Waals surface area (Å²) in [5.74, 6) is 0.905. The number of rotatable bonds is 6. The van der Waals surface area contributed by atoms with Gasteiger partial charge in [-0.2, -0.15) is 0 Å². The highest BCUT2D eigenvalue weighted by atomic mass is 32.1. The maximum absolute atomic E-state index is 4.43. The van der Waals surface area contributed by atoms with E-state index in [-0.39, 0.29) is 0 Å². The van der Waals surface area contributed by atoms with Gasteiger partial charge < -0.3 is 5.32 Å². The van der Waals surface area contributed by atoms with Gasteiger partial charge >= 0.3 is 0 Å². The van der Waals surface area contributed by atoms with Crippen LogP contribution in [-0.4, -0.2) is 17.6 Å². The highest BCUT2D eigenvalue weighted by Gasteiger charge is 2.41. The Morgan fingerprint density at radius 3 is 2.81 bits per heavy atom. The summed E-state index contributed by atoms with van der Waals surface area (Å²) in [5.41, 5.74) is 0.405. The maximum Gasteiger partial charge on any atom is 0.0930 e. The molecule has 0 bridgehead atoms. The first-order chi connectivity index (χ1) is 7.60. The average Bonchev–Trinajstić information content (AvgIpc) is 2.98. The molecule has 1 N–H and O–H groups in total. The first-order valence-electron chi connectivity index (χ1n) is 6.22. The predicted octanol–water partition coefficient (Wildman–Crippen LogP) is 3.10. The lowest BCUT2D eigenvalue weighted by molar-refractivity contribution is 0.248. The number of hydrogen-bond acceptors (Lipinski definition) is 3. The molecule has 0 aromatic carbocycles. The Labute approximate surface area is 102 Å². The average molecular weight is 238 g/mol. The zero-order valence-electron chi connectivity index (χ0n) is 10.5. The first kappa shape index (κ1) is 12.1. The van der Waals surface area contributed by atoms with Crippen molar-refractivity contribution in [2.75, 3.05) is 6.54 Å². The van der Waals surface area contributed by atoms with Gasteiger partial charge in [-0.1, -0.05) is 20.8 Å². The number of nitrogens with one attached hydrogen (secondary N) is 1. The minimum absolute atomic E-state index is 0.405. The Bertz CT molecular complexity index is 317. The van der Waals surface area contributed by atoms with E-state index in [1.807, 2.05) is 6.20 Å². The smallest absolute Gasteiger partial charge is 0.0930 e. The molecule has 1 heterocycles. The Morgan fingerprint density at radius 2 is 2.31 bits per heavy atom. The number of hydrogen-bond donors (Lipinski definition) is 1. The molecule has 2 nitrogen and oxygen atoms in total. The molecule has 90 valence electrons. The van der Waals surface area contributed by atoms with Crippen LogP contribution in [0.15, 0.2) is 11.6 Å². The van der Waals surface area contributed by atoms with Crippen LogP contribution in [-0.2, 0) is 6.42 Å². The molecule has 16 heavy (non-hydrogen) atoms. The van der Waals surface area contributed by atoms with Gasteiger partial charge in [0.25, 0.3) is 0 Å². The van der Waals surface area contributed by atoms with Crippen LogP contribution in [0.5, 0.6) is 0 Å². The van der Waals surface area contributed by atoms with E-state index in [0.29, 0.717) is 11.5 Å². The lowest BCUT2D eigenvalue weighted by Gasteiger charge is -2.30. The van der Waals surface area contributed by atoms with Crippen molar-refractivity contribution in [2.24, 2.45) is 11.3 Å². The fourth-order valence-corrected chi connectivity index (χ4v) is 3.07. The van der Waals surface area contributed by atoms with Gasteiger partial charge in [0, 0.05) is 30.6 Å². The van der Waals surface area contributed by atoms with Crippen LogP contribution in [0.3, 0.4) is 0 Å². The Hall–Kier alpha value is -0.410. The summed E-state index contributed by atoms with van der Waals surface area (Å²) in [6.45, 7) is 7.98. The fraction of sp³-hybridized carbons (Fsp3) is 0.769. The molecule has 2 rings (SSSR count). The van der Waals surface area contributed by atoms with Crippen molar-refractivity contribution < 1.29 is 0 Å². The monoisotopic (exact) mass is 238 g/mol. The van der Waals surface area contributed by atoms with Gasteiger partial charge in [0.2, 0.25) is 0 Å². The van der Waals surface area contributed by atoms with Gasteiger partial charge in [-0.15, -0.1) is 11.3 Å². The van der Waals surface area contributed by atoms with E-state index in [4.69, 9.17) is 0 Å². The van der Waals surface area contributed by atoms with E-state index in [9.17, 15) is 0 Å². The summed E-state index contributed by atoms with van der Waals surface area (Å²) in [4.78, 5) is 4.43. The van der Waals surface area contributed by atoms with Gasteiger partial charge in [-0.3, -0.25) is 0 Å². The van der Waals surface area contributed by atoms with Gasteiger partial charge in [0.05, 0.1) is 5.01 Å². The van der Waals surface area contributed by atoms with Crippen LogP contribution in [0, 0.1) is 11.3 Å². The second-order valence-electron chi connectivity index (χ2n) is 5.57. The normalized spacial score (nSPS) is 20.0. The number of nitrogens with zero attached hydrogens (tertiary/aromatic N) is 1. The summed E-state index contributed by atoms with van der Waals surface area (Å²) in [6, 6.07) is 0.578. The molecule has 3 heteroatoms. The molecule has 1 fully saturated rings. The molecule has 0 saturated heterocycles. The third-order valence-corrected chi connectivity index (χ3v) is 4.30. The minimum atomic E-state index is 0.405. The standard InChI is InChI=1S/C13H22N2S/c1-10(2)15-9-13(3,11-4-5-11)8-12-14-6-7-16-12/h6-7,10-11,15H,4-5,8-9H2,1-3H3. The lowest BCUT2D eigenvalue weighted by atomic mass is 9.81. The van der Waals surface area contributed by atoms with E-state index in [2.05, 4.69) is 36.5 Å². The summed E-state index contributed by atoms with van der Waals surface area (Å²) in [7, 11) is 0. The Balaban J connectivity index is 1.97. The quantitative estimate of drug-likeness (QED) is 0.824. The molecule has 1 aromatic heterocycles. The second-order valence-corrected chi connectivity index (χ2v) is 6.55. The zero-order valence-corrected chi connectivity index (χ0v) is 11.3. The Morgan fingerprint density at radius 1 is 1.56 bits per heavy atom. The van der Waals surface area contributed by atoms with Crippen molar-refractivity contribution >= 4 is 11.3 Å². The third kappa shape index (κ3) is 3.05. The van der Waals surface area contributed by atoms with Gasteiger partial charge in [0.15, 0.2) is 0 Å². The van der Waals surface area contributed by atoms with Crippen LogP contribution in [0.1, 0.15) is 38.6 Å². The van der Waals surface area contributed by atoms with E-state index in [0.717, 1.165) is 18.9 Å². The molecular weight excluding hydrogens is 216 g/mol. The summed E-state index contributed by atoms with van der Waals surface area (Å²) in [6.07, 6.45) is 5.86. The number of aromatic nitrogens is 1. The van der Waals surface area contributed by atoms with Crippen LogP contribution < -0.4 is 5.32 Å². The third-order valence-electron chi connectivity index (χ3n) is 3.52. The molecule has 1 aromatic rings. The topological polar surface area (TPSA) is 24.9 Å². The van der Waals surface area contributed by atoms with Crippen molar-refractivity contribution in [2.45, 2.75) is 46.1 Å². The highest BCUT2D eigenvalue weighted by Crippen LogP contribution is 2.47. The van der Waals surface area contributed by atoms with Crippen molar-refractivity contribution in [3.8, 4) is 0 Å². The molecular formula is C13H22N2S. The van der Waals surface area contributed by atoms with Crippen molar-refractivity contribution in [3.63, 3.8) is 0 Å². The van der Waals surface area contributed by atoms with Crippen molar-refractivity contribution in [3.05, 3.63) is 16.6 Å². The second kappa shape index (κ2) is 4.84. The van der Waals surface area contributed by atoms with E-state index in [1.165, 1.54) is 17.8 Å². The Kier molecular flexibility index (Phi) is 3.65. The van der Waals surface area contributed by atoms with Crippen molar-refractivity contribution in [1.29, 1.82) is 0 Å². The molecule has 0 spiro atoms. The van der Waals surface area contributed by atoms with Gasteiger partial charge in [-0.25, -0.2) is 4.98 Å². The SMILES string of the molecule is CC(C)NCC(C)(Cc1nccs1)C1CC1. The molecule has 1 aliphatic carbocycles. The van der Waals surface area contributed by atoms with Gasteiger partial charge in [0.1, 0.15) is 0 Å². The number of thiazole rings is 1. The van der Waals surface area contributed by atoms with E-state index in [1.54, 1.807) is 11.3 Å². The molecule has 1 atom stereocenters. The van der Waals surface area contributed by atoms with Crippen molar-refractivity contribution in [1.82, 2.24) is 10.3 Å². The molecule has 1 unspecified atom stereocenters. The largest absolute Gasteiger partial charge is 0.314 e. The molecule has 1 aliphatic rings. The molecule has 0 radical (unpaired) electrons. The summed E-state index contributed by atoms with van der Waals surface area (Å²) >= 11 is 1.79. The van der Waals surface area contributed by atoms with Crippen LogP contribution in [0.25, 0.3) is 0 Å². The first-order valence-corrected chi connectivity index (χ1v) is 7.10. The minimum Gasteiger partial charge on any atom is -0.314 e. The van der Waals surface area contributed by atoms with Crippen LogP contribution >= 0.6 is 11.3 Å². The molecule has 1 saturated carbocycles. The highest BCUT2D eigenvalue weighted by molar-refractivity contribution is 7.09. The maximum atomic E-state index is 4.43. The summed E-state index contributed by atoms with van der Waals surface area (Å²) in [5, 5.41) is 6.97. The summed E-state index contributed by atoms with van der Waals surface area (Å²) < 4.78 is 0.